The summed E-state index contributed by atoms with van der Waals surface area (Å²) in [6, 6.07) is 1.63. The van der Waals surface area contributed by atoms with E-state index in [1.165, 1.54) is 0 Å². The Morgan fingerprint density at radius 2 is 2.00 bits per heavy atom. The lowest BCUT2D eigenvalue weighted by Gasteiger charge is -2.17. The number of aromatic nitrogens is 1. The summed E-state index contributed by atoms with van der Waals surface area (Å²) >= 11 is 11.7. The van der Waals surface area contributed by atoms with Crippen LogP contribution >= 0.6 is 23.2 Å². The normalized spacial score (nSPS) is 11.8. The van der Waals surface area contributed by atoms with Gasteiger partial charge in [0.25, 0.3) is 0 Å². The molecule has 0 saturated heterocycles. The van der Waals surface area contributed by atoms with E-state index in [-0.39, 0.29) is 0 Å². The largest absolute Gasteiger partial charge is 0.377 e. The van der Waals surface area contributed by atoms with Crippen LogP contribution in [0.25, 0.3) is 0 Å². The van der Waals surface area contributed by atoms with Crippen molar-refractivity contribution < 1.29 is 4.74 Å². The molecule has 0 aromatic carbocycles. The summed E-state index contributed by atoms with van der Waals surface area (Å²) in [5, 5.41) is 1.01. The first-order valence-electron chi connectivity index (χ1n) is 5.26. The maximum atomic E-state index is 5.99. The molecule has 0 N–H and O–H groups in total. The number of hydrogen-bond donors (Lipinski definition) is 0. The molecule has 0 aliphatic carbocycles. The average Bonchev–Trinajstić information content (AvgIpc) is 2.13. The monoisotopic (exact) mass is 261 g/mol. The van der Waals surface area contributed by atoms with Gasteiger partial charge >= 0.3 is 0 Å². The van der Waals surface area contributed by atoms with Crippen LogP contribution in [0.1, 0.15) is 32.8 Å². The van der Waals surface area contributed by atoms with Crippen LogP contribution in [-0.4, -0.2) is 11.6 Å². The quantitative estimate of drug-likeness (QED) is 0.594. The molecular weight excluding hydrogens is 245 g/mol. The van der Waals surface area contributed by atoms with Crippen molar-refractivity contribution in [1.82, 2.24) is 4.98 Å². The standard InChI is InChI=1S/C12H17Cl2NO/c1-12(2,3)4-5-16-8-9-7-15-11(14)6-10(9)13/h6-7H,4-5,8H2,1-3H3. The molecule has 1 aromatic heterocycles. The molecule has 0 saturated carbocycles. The van der Waals surface area contributed by atoms with Gasteiger partial charge in [0.2, 0.25) is 0 Å². The van der Waals surface area contributed by atoms with Gasteiger partial charge in [-0.25, -0.2) is 4.98 Å². The van der Waals surface area contributed by atoms with E-state index in [1.54, 1.807) is 12.3 Å². The predicted molar refractivity (Wildman–Crippen MR) is 68.0 cm³/mol. The molecule has 2 nitrogen and oxygen atoms in total. The number of nitrogens with zero attached hydrogens (tertiary/aromatic N) is 1. The Morgan fingerprint density at radius 3 is 2.56 bits per heavy atom. The Bertz CT molecular complexity index is 347. The van der Waals surface area contributed by atoms with Gasteiger partial charge in [0.1, 0.15) is 5.15 Å². The van der Waals surface area contributed by atoms with Crippen LogP contribution in [-0.2, 0) is 11.3 Å². The van der Waals surface area contributed by atoms with E-state index in [0.29, 0.717) is 22.2 Å². The zero-order chi connectivity index (χ0) is 12.2. The molecule has 0 unspecified atom stereocenters. The fourth-order valence-electron chi connectivity index (χ4n) is 1.10. The number of pyridine rings is 1. The molecule has 90 valence electrons. The molecule has 0 bridgehead atoms. The van der Waals surface area contributed by atoms with Gasteiger partial charge in [0, 0.05) is 18.4 Å². The van der Waals surface area contributed by atoms with E-state index < -0.39 is 0 Å². The van der Waals surface area contributed by atoms with Gasteiger partial charge in [-0.05, 0) is 17.9 Å². The third-order valence-corrected chi connectivity index (χ3v) is 2.71. The highest BCUT2D eigenvalue weighted by Crippen LogP contribution is 2.21. The molecule has 1 heterocycles. The highest BCUT2D eigenvalue weighted by molar-refractivity contribution is 6.34. The van der Waals surface area contributed by atoms with Crippen LogP contribution in [0.5, 0.6) is 0 Å². The minimum Gasteiger partial charge on any atom is -0.377 e. The van der Waals surface area contributed by atoms with Crippen LogP contribution in [0.15, 0.2) is 12.3 Å². The SMILES string of the molecule is CC(C)(C)CCOCc1cnc(Cl)cc1Cl. The van der Waals surface area contributed by atoms with Crippen LogP contribution in [0, 0.1) is 5.41 Å². The van der Waals surface area contributed by atoms with E-state index >= 15 is 0 Å². The highest BCUT2D eigenvalue weighted by atomic mass is 35.5. The Labute approximate surface area is 107 Å². The first-order chi connectivity index (χ1) is 7.38. The molecule has 0 fully saturated rings. The summed E-state index contributed by atoms with van der Waals surface area (Å²) < 4.78 is 5.55. The molecule has 4 heteroatoms. The second-order valence-electron chi connectivity index (χ2n) is 4.96. The van der Waals surface area contributed by atoms with Crippen LogP contribution in [0.4, 0.5) is 0 Å². The highest BCUT2D eigenvalue weighted by Gasteiger charge is 2.09. The fourth-order valence-corrected chi connectivity index (χ4v) is 1.52. The van der Waals surface area contributed by atoms with E-state index in [4.69, 9.17) is 27.9 Å². The van der Waals surface area contributed by atoms with Crippen LogP contribution in [0.2, 0.25) is 10.2 Å². The average molecular weight is 262 g/mol. The lowest BCUT2D eigenvalue weighted by molar-refractivity contribution is 0.0961. The maximum Gasteiger partial charge on any atom is 0.130 e. The summed E-state index contributed by atoms with van der Waals surface area (Å²) in [5.41, 5.74) is 1.17. The predicted octanol–water partition coefficient (Wildman–Crippen LogP) is 4.34. The van der Waals surface area contributed by atoms with Crippen molar-refractivity contribution in [3.05, 3.63) is 28.0 Å². The molecule has 1 aromatic rings. The second kappa shape index (κ2) is 5.85. The van der Waals surface area contributed by atoms with Crippen molar-refractivity contribution in [2.45, 2.75) is 33.8 Å². The van der Waals surface area contributed by atoms with E-state index in [9.17, 15) is 0 Å². The number of rotatable bonds is 4. The molecule has 0 spiro atoms. The van der Waals surface area contributed by atoms with Crippen molar-refractivity contribution in [1.29, 1.82) is 0 Å². The number of halogens is 2. The van der Waals surface area contributed by atoms with Gasteiger partial charge in [-0.2, -0.15) is 0 Å². The fraction of sp³-hybridized carbons (Fsp3) is 0.583. The summed E-state index contributed by atoms with van der Waals surface area (Å²) in [6.45, 7) is 7.77. The summed E-state index contributed by atoms with van der Waals surface area (Å²) in [5.74, 6) is 0. The van der Waals surface area contributed by atoms with Gasteiger partial charge in [-0.1, -0.05) is 44.0 Å². The van der Waals surface area contributed by atoms with Gasteiger partial charge in [-0.3, -0.25) is 0 Å². The molecule has 0 atom stereocenters. The summed E-state index contributed by atoms with van der Waals surface area (Å²) in [6.07, 6.45) is 2.67. The van der Waals surface area contributed by atoms with Gasteiger partial charge < -0.3 is 4.74 Å². The number of hydrogen-bond acceptors (Lipinski definition) is 2. The lowest BCUT2D eigenvalue weighted by atomic mass is 9.93. The molecule has 0 aliphatic heterocycles. The smallest absolute Gasteiger partial charge is 0.130 e. The summed E-state index contributed by atoms with van der Waals surface area (Å²) in [4.78, 5) is 3.97. The molecule has 16 heavy (non-hydrogen) atoms. The van der Waals surface area contributed by atoms with Gasteiger partial charge in [0.05, 0.1) is 11.6 Å². The Kier molecular flexibility index (Phi) is 5.03. The van der Waals surface area contributed by atoms with E-state index in [0.717, 1.165) is 18.6 Å². The molecule has 0 aliphatic rings. The molecule has 1 rings (SSSR count). The third kappa shape index (κ3) is 5.15. The Morgan fingerprint density at radius 1 is 1.31 bits per heavy atom. The summed E-state index contributed by atoms with van der Waals surface area (Å²) in [7, 11) is 0. The number of ether oxygens (including phenoxy) is 1. The zero-order valence-electron chi connectivity index (χ0n) is 9.89. The van der Waals surface area contributed by atoms with Gasteiger partial charge in [0.15, 0.2) is 0 Å². The molecular formula is C12H17Cl2NO. The van der Waals surface area contributed by atoms with E-state index in [2.05, 4.69) is 25.8 Å². The Hall–Kier alpha value is -0.310. The topological polar surface area (TPSA) is 22.1 Å². The first-order valence-corrected chi connectivity index (χ1v) is 6.02. The second-order valence-corrected chi connectivity index (χ2v) is 5.76. The lowest BCUT2D eigenvalue weighted by Crippen LogP contribution is -2.09. The van der Waals surface area contributed by atoms with Crippen molar-refractivity contribution in [2.24, 2.45) is 5.41 Å². The van der Waals surface area contributed by atoms with Crippen LogP contribution < -0.4 is 0 Å². The minimum absolute atomic E-state index is 0.294. The third-order valence-electron chi connectivity index (χ3n) is 2.15. The van der Waals surface area contributed by atoms with Gasteiger partial charge in [-0.15, -0.1) is 0 Å². The van der Waals surface area contributed by atoms with Crippen molar-refractivity contribution in [3.8, 4) is 0 Å². The van der Waals surface area contributed by atoms with Crippen molar-refractivity contribution in [3.63, 3.8) is 0 Å². The molecule has 0 amide bonds. The van der Waals surface area contributed by atoms with Crippen molar-refractivity contribution >= 4 is 23.2 Å². The van der Waals surface area contributed by atoms with E-state index in [1.807, 2.05) is 0 Å². The van der Waals surface area contributed by atoms with Crippen molar-refractivity contribution in [2.75, 3.05) is 6.61 Å². The first kappa shape index (κ1) is 13.8. The minimum atomic E-state index is 0.294. The zero-order valence-corrected chi connectivity index (χ0v) is 11.4. The van der Waals surface area contributed by atoms with Crippen LogP contribution in [0.3, 0.4) is 0 Å². The maximum absolute atomic E-state index is 5.99. The molecule has 0 radical (unpaired) electrons. The Balaban J connectivity index is 2.38.